The highest BCUT2D eigenvalue weighted by molar-refractivity contribution is 8.00. The quantitative estimate of drug-likeness (QED) is 0.913. The van der Waals surface area contributed by atoms with Crippen molar-refractivity contribution in [3.63, 3.8) is 0 Å². The lowest BCUT2D eigenvalue weighted by Crippen LogP contribution is -2.45. The lowest BCUT2D eigenvalue weighted by molar-refractivity contribution is 0.276. The second kappa shape index (κ2) is 5.06. The highest BCUT2D eigenvalue weighted by atomic mass is 32.2. The molecule has 0 radical (unpaired) electrons. The predicted octanol–water partition coefficient (Wildman–Crippen LogP) is 2.16. The number of nitrogens with zero attached hydrogens (tertiary/aromatic N) is 3. The van der Waals surface area contributed by atoms with Crippen LogP contribution in [0.15, 0.2) is 24.4 Å². The molecule has 0 saturated carbocycles. The molecular formula is C14H19N3OS. The first kappa shape index (κ1) is 12.8. The molecule has 1 N–H and O–H groups in total. The highest BCUT2D eigenvalue weighted by Gasteiger charge is 2.29. The van der Waals surface area contributed by atoms with Crippen LogP contribution in [-0.2, 0) is 6.61 Å². The normalized spacial score (nSPS) is 24.1. The number of pyridine rings is 1. The summed E-state index contributed by atoms with van der Waals surface area (Å²) in [5.41, 5.74) is 1.79. The zero-order valence-corrected chi connectivity index (χ0v) is 12.1. The van der Waals surface area contributed by atoms with Gasteiger partial charge in [-0.15, -0.1) is 0 Å². The summed E-state index contributed by atoms with van der Waals surface area (Å²) in [6.07, 6.45) is 1.96. The van der Waals surface area contributed by atoms with Crippen LogP contribution in [0.2, 0.25) is 0 Å². The third kappa shape index (κ3) is 2.11. The summed E-state index contributed by atoms with van der Waals surface area (Å²) in [6, 6.07) is 6.37. The minimum Gasteiger partial charge on any atom is -0.390 e. The molecule has 3 rings (SSSR count). The minimum atomic E-state index is 0.0191. The van der Waals surface area contributed by atoms with Crippen molar-refractivity contribution in [2.75, 3.05) is 17.2 Å². The third-order valence-electron chi connectivity index (χ3n) is 3.91. The van der Waals surface area contributed by atoms with Crippen molar-refractivity contribution >= 4 is 23.2 Å². The molecule has 1 aliphatic rings. The molecule has 19 heavy (non-hydrogen) atoms. The zero-order valence-electron chi connectivity index (χ0n) is 11.3. The Morgan fingerprint density at radius 2 is 2.26 bits per heavy atom. The van der Waals surface area contributed by atoms with Gasteiger partial charge in [-0.2, -0.15) is 11.8 Å². The first-order valence-corrected chi connectivity index (χ1v) is 7.72. The van der Waals surface area contributed by atoms with Gasteiger partial charge in [0.15, 0.2) is 5.82 Å². The van der Waals surface area contributed by atoms with Crippen molar-refractivity contribution in [1.29, 1.82) is 0 Å². The van der Waals surface area contributed by atoms with E-state index in [1.54, 1.807) is 0 Å². The SMILES string of the molecule is CC1SCCN(c2nc3ccccn3c2CO)C1C. The number of anilines is 1. The second-order valence-corrected chi connectivity index (χ2v) is 6.46. The average Bonchev–Trinajstić information content (AvgIpc) is 2.80. The van der Waals surface area contributed by atoms with Crippen molar-refractivity contribution in [3.8, 4) is 0 Å². The van der Waals surface area contributed by atoms with E-state index in [4.69, 9.17) is 4.98 Å². The van der Waals surface area contributed by atoms with Crippen LogP contribution in [0, 0.1) is 0 Å². The van der Waals surface area contributed by atoms with Gasteiger partial charge < -0.3 is 10.0 Å². The van der Waals surface area contributed by atoms with E-state index < -0.39 is 0 Å². The van der Waals surface area contributed by atoms with Crippen LogP contribution >= 0.6 is 11.8 Å². The van der Waals surface area contributed by atoms with Gasteiger partial charge in [0, 0.05) is 29.8 Å². The standard InChI is InChI=1S/C14H19N3OS/c1-10-11(2)19-8-7-16(10)14-12(9-18)17-6-4-3-5-13(17)15-14/h3-6,10-11,18H,7-9H2,1-2H3. The molecule has 0 bridgehead atoms. The number of imidazole rings is 1. The lowest BCUT2D eigenvalue weighted by atomic mass is 10.2. The smallest absolute Gasteiger partial charge is 0.153 e. The lowest BCUT2D eigenvalue weighted by Gasteiger charge is -2.38. The number of aliphatic hydroxyl groups excluding tert-OH is 1. The molecule has 4 nitrogen and oxygen atoms in total. The summed E-state index contributed by atoms with van der Waals surface area (Å²) in [4.78, 5) is 7.04. The Morgan fingerprint density at radius 3 is 3.05 bits per heavy atom. The molecule has 1 saturated heterocycles. The van der Waals surface area contributed by atoms with Gasteiger partial charge >= 0.3 is 0 Å². The van der Waals surface area contributed by atoms with E-state index in [1.165, 1.54) is 0 Å². The van der Waals surface area contributed by atoms with E-state index in [0.29, 0.717) is 11.3 Å². The van der Waals surface area contributed by atoms with Gasteiger partial charge in [0.1, 0.15) is 5.65 Å². The number of hydrogen-bond acceptors (Lipinski definition) is 4. The molecule has 102 valence electrons. The Hall–Kier alpha value is -1.20. The molecular weight excluding hydrogens is 258 g/mol. The summed E-state index contributed by atoms with van der Waals surface area (Å²) in [6.45, 7) is 5.51. The molecule has 2 atom stereocenters. The topological polar surface area (TPSA) is 40.8 Å². The molecule has 3 heterocycles. The van der Waals surface area contributed by atoms with Gasteiger partial charge in [-0.1, -0.05) is 13.0 Å². The summed E-state index contributed by atoms with van der Waals surface area (Å²) in [7, 11) is 0. The maximum Gasteiger partial charge on any atom is 0.153 e. The molecule has 5 heteroatoms. The Kier molecular flexibility index (Phi) is 3.41. The van der Waals surface area contributed by atoms with Crippen LogP contribution in [0.25, 0.3) is 5.65 Å². The Labute approximate surface area is 117 Å². The monoisotopic (exact) mass is 277 g/mol. The molecule has 1 fully saturated rings. The second-order valence-electron chi connectivity index (χ2n) is 4.98. The summed E-state index contributed by atoms with van der Waals surface area (Å²) in [5, 5.41) is 10.3. The van der Waals surface area contributed by atoms with Gasteiger partial charge in [-0.3, -0.25) is 4.40 Å². The van der Waals surface area contributed by atoms with Gasteiger partial charge in [-0.25, -0.2) is 4.98 Å². The Morgan fingerprint density at radius 1 is 1.42 bits per heavy atom. The van der Waals surface area contributed by atoms with Crippen molar-refractivity contribution < 1.29 is 5.11 Å². The van der Waals surface area contributed by atoms with Crippen LogP contribution < -0.4 is 4.90 Å². The molecule has 0 spiro atoms. The highest BCUT2D eigenvalue weighted by Crippen LogP contribution is 2.31. The van der Waals surface area contributed by atoms with E-state index in [-0.39, 0.29) is 6.61 Å². The number of hydrogen-bond donors (Lipinski definition) is 1. The van der Waals surface area contributed by atoms with Gasteiger partial charge in [-0.05, 0) is 19.1 Å². The van der Waals surface area contributed by atoms with Crippen LogP contribution in [0.4, 0.5) is 5.82 Å². The van der Waals surface area contributed by atoms with Crippen molar-refractivity contribution in [3.05, 3.63) is 30.1 Å². The third-order valence-corrected chi connectivity index (χ3v) is 5.25. The molecule has 2 aromatic rings. The maximum absolute atomic E-state index is 9.70. The van der Waals surface area contributed by atoms with Crippen LogP contribution in [0.3, 0.4) is 0 Å². The van der Waals surface area contributed by atoms with Crippen LogP contribution in [0.1, 0.15) is 19.5 Å². The maximum atomic E-state index is 9.70. The fourth-order valence-corrected chi connectivity index (χ4v) is 3.74. The number of aliphatic hydroxyl groups is 1. The fraction of sp³-hybridized carbons (Fsp3) is 0.500. The number of aromatic nitrogens is 2. The van der Waals surface area contributed by atoms with Crippen LogP contribution in [0.5, 0.6) is 0 Å². The zero-order chi connectivity index (χ0) is 13.4. The van der Waals surface area contributed by atoms with Gasteiger partial charge in [0.25, 0.3) is 0 Å². The summed E-state index contributed by atoms with van der Waals surface area (Å²) in [5.74, 6) is 2.05. The average molecular weight is 277 g/mol. The fourth-order valence-electron chi connectivity index (χ4n) is 2.64. The number of rotatable bonds is 2. The van der Waals surface area contributed by atoms with E-state index in [2.05, 4.69) is 18.7 Å². The summed E-state index contributed by atoms with van der Waals surface area (Å²) >= 11 is 2.01. The van der Waals surface area contributed by atoms with E-state index in [9.17, 15) is 5.11 Å². The molecule has 2 unspecified atom stereocenters. The predicted molar refractivity (Wildman–Crippen MR) is 79.8 cm³/mol. The van der Waals surface area contributed by atoms with Crippen LogP contribution in [-0.4, -0.2) is 38.1 Å². The van der Waals surface area contributed by atoms with Crippen molar-refractivity contribution in [2.45, 2.75) is 31.7 Å². The molecule has 2 aromatic heterocycles. The molecule has 0 aliphatic carbocycles. The number of thioether (sulfide) groups is 1. The molecule has 1 aliphatic heterocycles. The van der Waals surface area contributed by atoms with E-state index in [0.717, 1.165) is 29.5 Å². The molecule has 0 aromatic carbocycles. The van der Waals surface area contributed by atoms with Gasteiger partial charge in [0.05, 0.1) is 12.3 Å². The first-order valence-electron chi connectivity index (χ1n) is 6.67. The minimum absolute atomic E-state index is 0.0191. The Bertz CT molecular complexity index is 583. The first-order chi connectivity index (χ1) is 9.22. The van der Waals surface area contributed by atoms with Crippen molar-refractivity contribution in [1.82, 2.24) is 9.38 Å². The number of fused-ring (bicyclic) bond motifs is 1. The van der Waals surface area contributed by atoms with Crippen molar-refractivity contribution in [2.24, 2.45) is 0 Å². The Balaban J connectivity index is 2.08. The van der Waals surface area contributed by atoms with E-state index >= 15 is 0 Å². The van der Waals surface area contributed by atoms with E-state index in [1.807, 2.05) is 40.6 Å². The summed E-state index contributed by atoms with van der Waals surface area (Å²) < 4.78 is 1.98. The molecule has 0 amide bonds. The largest absolute Gasteiger partial charge is 0.390 e. The van der Waals surface area contributed by atoms with Gasteiger partial charge in [0.2, 0.25) is 0 Å².